The smallest absolute Gasteiger partial charge is 0.169 e. The van der Waals surface area contributed by atoms with E-state index in [1.54, 1.807) is 6.07 Å². The van der Waals surface area contributed by atoms with Crippen molar-refractivity contribution in [2.45, 2.75) is 0 Å². The van der Waals surface area contributed by atoms with Gasteiger partial charge in [-0.3, -0.25) is 0 Å². The third kappa shape index (κ3) is 1.40. The molecular formula is C11H8BrN3O. The first-order valence-corrected chi connectivity index (χ1v) is 5.52. The summed E-state index contributed by atoms with van der Waals surface area (Å²) in [4.78, 5) is 3.15. The standard InChI is InChI=1S/C11H8BrN3O/c12-8-5-14-9-2-1-6(3-7(8)9)10-4-11(13)15-16-10/h1-5,14H,(H2,13,15). The van der Waals surface area contributed by atoms with E-state index in [1.807, 2.05) is 24.4 Å². The minimum atomic E-state index is 0.392. The van der Waals surface area contributed by atoms with E-state index in [-0.39, 0.29) is 0 Å². The number of rotatable bonds is 1. The summed E-state index contributed by atoms with van der Waals surface area (Å²) in [6.45, 7) is 0. The molecule has 0 aliphatic rings. The zero-order chi connectivity index (χ0) is 11.1. The van der Waals surface area contributed by atoms with Crippen molar-refractivity contribution >= 4 is 32.7 Å². The quantitative estimate of drug-likeness (QED) is 0.718. The predicted octanol–water partition coefficient (Wildman–Crippen LogP) is 3.17. The second-order valence-electron chi connectivity index (χ2n) is 3.51. The summed E-state index contributed by atoms with van der Waals surface area (Å²) in [5, 5.41) is 4.77. The number of hydrogen-bond acceptors (Lipinski definition) is 3. The van der Waals surface area contributed by atoms with Crippen LogP contribution in [0.2, 0.25) is 0 Å². The van der Waals surface area contributed by atoms with Gasteiger partial charge in [0, 0.05) is 33.2 Å². The highest BCUT2D eigenvalue weighted by atomic mass is 79.9. The fourth-order valence-electron chi connectivity index (χ4n) is 1.66. The molecule has 3 rings (SSSR count). The summed E-state index contributed by atoms with van der Waals surface area (Å²) in [5.74, 6) is 1.07. The van der Waals surface area contributed by atoms with E-state index < -0.39 is 0 Å². The van der Waals surface area contributed by atoms with Gasteiger partial charge in [0.25, 0.3) is 0 Å². The van der Waals surface area contributed by atoms with Crippen LogP contribution in [0.25, 0.3) is 22.2 Å². The van der Waals surface area contributed by atoms with Crippen LogP contribution in [-0.2, 0) is 0 Å². The van der Waals surface area contributed by atoms with Crippen LogP contribution in [0.4, 0.5) is 5.82 Å². The Labute approximate surface area is 99.6 Å². The van der Waals surface area contributed by atoms with Crippen LogP contribution in [0.5, 0.6) is 0 Å². The summed E-state index contributed by atoms with van der Waals surface area (Å²) in [6.07, 6.45) is 1.91. The van der Waals surface area contributed by atoms with Crippen LogP contribution in [0, 0.1) is 0 Å². The second kappa shape index (κ2) is 3.38. The number of aromatic nitrogens is 2. The van der Waals surface area contributed by atoms with Crippen LogP contribution < -0.4 is 5.73 Å². The Morgan fingerprint density at radius 2 is 2.19 bits per heavy atom. The minimum Gasteiger partial charge on any atom is -0.381 e. The molecule has 16 heavy (non-hydrogen) atoms. The number of fused-ring (bicyclic) bond motifs is 1. The molecule has 0 amide bonds. The fraction of sp³-hybridized carbons (Fsp3) is 0. The van der Waals surface area contributed by atoms with Gasteiger partial charge in [0.15, 0.2) is 11.6 Å². The van der Waals surface area contributed by atoms with Gasteiger partial charge in [-0.05, 0) is 34.1 Å². The summed E-state index contributed by atoms with van der Waals surface area (Å²) in [6, 6.07) is 7.69. The molecule has 2 heterocycles. The van der Waals surface area contributed by atoms with Gasteiger partial charge in [0.2, 0.25) is 0 Å². The monoisotopic (exact) mass is 277 g/mol. The van der Waals surface area contributed by atoms with Crippen molar-refractivity contribution in [3.05, 3.63) is 34.9 Å². The highest BCUT2D eigenvalue weighted by Gasteiger charge is 2.07. The molecule has 0 bridgehead atoms. The van der Waals surface area contributed by atoms with Crippen molar-refractivity contribution in [3.63, 3.8) is 0 Å². The Kier molecular flexibility index (Phi) is 2.00. The number of nitrogens with two attached hydrogens (primary N) is 1. The normalized spacial score (nSPS) is 11.1. The van der Waals surface area contributed by atoms with Gasteiger partial charge < -0.3 is 15.2 Å². The Hall–Kier alpha value is -1.75. The van der Waals surface area contributed by atoms with Crippen molar-refractivity contribution < 1.29 is 4.52 Å². The predicted molar refractivity (Wildman–Crippen MR) is 65.9 cm³/mol. The molecule has 0 aliphatic carbocycles. The van der Waals surface area contributed by atoms with E-state index >= 15 is 0 Å². The Bertz CT molecular complexity index is 656. The van der Waals surface area contributed by atoms with E-state index in [0.717, 1.165) is 20.9 Å². The highest BCUT2D eigenvalue weighted by Crippen LogP contribution is 2.29. The summed E-state index contributed by atoms with van der Waals surface area (Å²) < 4.78 is 6.14. The van der Waals surface area contributed by atoms with Gasteiger partial charge in [-0.2, -0.15) is 0 Å². The van der Waals surface area contributed by atoms with Gasteiger partial charge in [0.05, 0.1) is 0 Å². The van der Waals surface area contributed by atoms with E-state index in [2.05, 4.69) is 26.1 Å². The molecule has 0 saturated heterocycles. The third-order valence-corrected chi connectivity index (χ3v) is 3.10. The number of nitrogens with one attached hydrogen (secondary N) is 1. The Morgan fingerprint density at radius 3 is 2.94 bits per heavy atom. The number of H-pyrrole nitrogens is 1. The second-order valence-corrected chi connectivity index (χ2v) is 4.37. The number of benzene rings is 1. The van der Waals surface area contributed by atoms with E-state index in [1.165, 1.54) is 0 Å². The van der Waals surface area contributed by atoms with Crippen molar-refractivity contribution in [2.75, 3.05) is 5.73 Å². The fourth-order valence-corrected chi connectivity index (χ4v) is 2.11. The van der Waals surface area contributed by atoms with Gasteiger partial charge in [-0.25, -0.2) is 0 Å². The number of halogens is 1. The number of aromatic amines is 1. The third-order valence-electron chi connectivity index (χ3n) is 2.44. The molecule has 0 atom stereocenters. The first-order valence-electron chi connectivity index (χ1n) is 4.73. The molecule has 1 aromatic carbocycles. The lowest BCUT2D eigenvalue weighted by atomic mass is 10.1. The van der Waals surface area contributed by atoms with Gasteiger partial charge in [-0.15, -0.1) is 0 Å². The molecule has 0 radical (unpaired) electrons. The lowest BCUT2D eigenvalue weighted by Gasteiger charge is -1.96. The summed E-state index contributed by atoms with van der Waals surface area (Å²) in [7, 11) is 0. The van der Waals surface area contributed by atoms with Crippen molar-refractivity contribution in [1.82, 2.24) is 10.1 Å². The SMILES string of the molecule is Nc1cc(-c2ccc3[nH]cc(Br)c3c2)on1. The zero-order valence-electron chi connectivity index (χ0n) is 8.20. The number of nitrogens with zero attached hydrogens (tertiary/aromatic N) is 1. The number of nitrogen functional groups attached to an aromatic ring is 1. The van der Waals surface area contributed by atoms with Crippen LogP contribution in [-0.4, -0.2) is 10.1 Å². The van der Waals surface area contributed by atoms with Gasteiger partial charge in [0.1, 0.15) is 0 Å². The zero-order valence-corrected chi connectivity index (χ0v) is 9.78. The first kappa shape index (κ1) is 9.47. The molecule has 5 heteroatoms. The summed E-state index contributed by atoms with van der Waals surface area (Å²) in [5.41, 5.74) is 7.55. The van der Waals surface area contributed by atoms with E-state index in [0.29, 0.717) is 11.6 Å². The topological polar surface area (TPSA) is 67.8 Å². The van der Waals surface area contributed by atoms with Gasteiger partial charge in [-0.1, -0.05) is 5.16 Å². The number of anilines is 1. The lowest BCUT2D eigenvalue weighted by Crippen LogP contribution is -1.80. The molecule has 2 aromatic heterocycles. The molecular weight excluding hydrogens is 270 g/mol. The van der Waals surface area contributed by atoms with Crippen molar-refractivity contribution in [2.24, 2.45) is 0 Å². The Morgan fingerprint density at radius 1 is 1.31 bits per heavy atom. The molecule has 0 aliphatic heterocycles. The number of hydrogen-bond donors (Lipinski definition) is 2. The van der Waals surface area contributed by atoms with Crippen LogP contribution in [0.3, 0.4) is 0 Å². The minimum absolute atomic E-state index is 0.392. The molecule has 0 fully saturated rings. The molecule has 0 saturated carbocycles. The molecule has 4 nitrogen and oxygen atoms in total. The van der Waals surface area contributed by atoms with Crippen LogP contribution >= 0.6 is 15.9 Å². The molecule has 80 valence electrons. The van der Waals surface area contributed by atoms with Crippen molar-refractivity contribution in [1.29, 1.82) is 0 Å². The van der Waals surface area contributed by atoms with Crippen LogP contribution in [0.1, 0.15) is 0 Å². The maximum atomic E-state index is 5.52. The van der Waals surface area contributed by atoms with E-state index in [4.69, 9.17) is 10.3 Å². The maximum absolute atomic E-state index is 5.52. The van der Waals surface area contributed by atoms with E-state index in [9.17, 15) is 0 Å². The maximum Gasteiger partial charge on any atom is 0.169 e. The first-order chi connectivity index (χ1) is 7.74. The van der Waals surface area contributed by atoms with Crippen molar-refractivity contribution in [3.8, 4) is 11.3 Å². The Balaban J connectivity index is 2.21. The average Bonchev–Trinajstić information content (AvgIpc) is 2.86. The lowest BCUT2D eigenvalue weighted by molar-refractivity contribution is 0.436. The average molecular weight is 278 g/mol. The molecule has 0 unspecified atom stereocenters. The molecule has 0 spiro atoms. The highest BCUT2D eigenvalue weighted by molar-refractivity contribution is 9.10. The summed E-state index contributed by atoms with van der Waals surface area (Å²) >= 11 is 3.48. The molecule has 3 N–H and O–H groups in total. The van der Waals surface area contributed by atoms with Crippen LogP contribution in [0.15, 0.2) is 39.5 Å². The largest absolute Gasteiger partial charge is 0.381 e. The molecule has 3 aromatic rings. The van der Waals surface area contributed by atoms with Gasteiger partial charge >= 0.3 is 0 Å².